The number of nitrogens with zero attached hydrogens (tertiary/aromatic N) is 2. The van der Waals surface area contributed by atoms with Gasteiger partial charge in [-0.25, -0.2) is 4.79 Å². The molecule has 0 radical (unpaired) electrons. The number of ether oxygens (including phenoxy) is 1. The minimum Gasteiger partial charge on any atom is -0.423 e. The van der Waals surface area contributed by atoms with E-state index in [4.69, 9.17) is 4.74 Å². The third kappa shape index (κ3) is 7.58. The van der Waals surface area contributed by atoms with Gasteiger partial charge in [-0.05, 0) is 98.5 Å². The van der Waals surface area contributed by atoms with Gasteiger partial charge in [-0.15, -0.1) is 0 Å². The highest BCUT2D eigenvalue weighted by atomic mass is 16.5. The SMILES string of the molecule is CCCCCCc1ccc(C(=O)Oc2ccc(/C=N/c3ccc(N(CC)CC)cc3)cc2)cc1. The molecule has 0 spiro atoms. The molecule has 0 saturated carbocycles. The number of hydrogen-bond acceptors (Lipinski definition) is 4. The lowest BCUT2D eigenvalue weighted by molar-refractivity contribution is 0.0734. The standard InChI is InChI=1S/C30H36N2O2/c1-4-7-8-9-10-24-11-15-26(16-12-24)30(33)34-29-21-13-25(14-22-29)23-31-27-17-19-28(20-18-27)32(5-2)6-3/h11-23H,4-10H2,1-3H3/b31-23+. The number of unbranched alkanes of at least 4 members (excludes halogenated alkanes) is 3. The quantitative estimate of drug-likeness (QED) is 0.122. The highest BCUT2D eigenvalue weighted by Crippen LogP contribution is 2.20. The van der Waals surface area contributed by atoms with E-state index >= 15 is 0 Å². The summed E-state index contributed by atoms with van der Waals surface area (Å²) in [7, 11) is 0. The third-order valence-corrected chi connectivity index (χ3v) is 5.94. The first kappa shape index (κ1) is 25.2. The van der Waals surface area contributed by atoms with E-state index < -0.39 is 0 Å². The summed E-state index contributed by atoms with van der Waals surface area (Å²) in [6.45, 7) is 8.50. The van der Waals surface area contributed by atoms with Crippen molar-refractivity contribution in [2.45, 2.75) is 52.9 Å². The van der Waals surface area contributed by atoms with Crippen molar-refractivity contribution in [3.05, 3.63) is 89.5 Å². The Bertz CT molecular complexity index is 1030. The Kier molecular flexibility index (Phi) is 9.90. The molecule has 0 aliphatic carbocycles. The first-order chi connectivity index (χ1) is 16.6. The summed E-state index contributed by atoms with van der Waals surface area (Å²) in [5, 5.41) is 0. The Labute approximate surface area is 204 Å². The van der Waals surface area contributed by atoms with Crippen LogP contribution >= 0.6 is 0 Å². The monoisotopic (exact) mass is 456 g/mol. The van der Waals surface area contributed by atoms with E-state index in [9.17, 15) is 4.79 Å². The lowest BCUT2D eigenvalue weighted by Gasteiger charge is -2.20. The van der Waals surface area contributed by atoms with Gasteiger partial charge in [-0.2, -0.15) is 0 Å². The van der Waals surface area contributed by atoms with Gasteiger partial charge in [0.15, 0.2) is 0 Å². The Morgan fingerprint density at radius 2 is 1.50 bits per heavy atom. The van der Waals surface area contributed by atoms with Crippen molar-refractivity contribution in [2.75, 3.05) is 18.0 Å². The van der Waals surface area contributed by atoms with Gasteiger partial charge in [0.05, 0.1) is 11.3 Å². The highest BCUT2D eigenvalue weighted by Gasteiger charge is 2.08. The molecule has 0 bridgehead atoms. The molecule has 3 aromatic rings. The molecule has 0 heterocycles. The Morgan fingerprint density at radius 1 is 0.824 bits per heavy atom. The minimum absolute atomic E-state index is 0.341. The van der Waals surface area contributed by atoms with Crippen LogP contribution in [-0.4, -0.2) is 25.3 Å². The predicted octanol–water partition coefficient (Wildman–Crippen LogP) is 7.63. The number of aryl methyl sites for hydroxylation is 1. The molecule has 0 fully saturated rings. The van der Waals surface area contributed by atoms with Crippen LogP contribution in [0.1, 0.15) is 67.9 Å². The first-order valence-electron chi connectivity index (χ1n) is 12.4. The molecule has 178 valence electrons. The summed E-state index contributed by atoms with van der Waals surface area (Å²) >= 11 is 0. The maximum atomic E-state index is 12.5. The van der Waals surface area contributed by atoms with Crippen LogP contribution < -0.4 is 9.64 Å². The fraction of sp³-hybridized carbons (Fsp3) is 0.333. The number of anilines is 1. The van der Waals surface area contributed by atoms with Crippen molar-refractivity contribution in [3.63, 3.8) is 0 Å². The maximum absolute atomic E-state index is 12.5. The van der Waals surface area contributed by atoms with Gasteiger partial charge in [0.2, 0.25) is 0 Å². The van der Waals surface area contributed by atoms with Gasteiger partial charge in [0.1, 0.15) is 5.75 Å². The molecule has 0 amide bonds. The van der Waals surface area contributed by atoms with Crippen LogP contribution in [0, 0.1) is 0 Å². The van der Waals surface area contributed by atoms with Gasteiger partial charge >= 0.3 is 5.97 Å². The number of carbonyl (C=O) groups excluding carboxylic acids is 1. The van der Waals surface area contributed by atoms with Crippen LogP contribution in [0.3, 0.4) is 0 Å². The third-order valence-electron chi connectivity index (χ3n) is 5.94. The molecule has 0 atom stereocenters. The van der Waals surface area contributed by atoms with E-state index in [1.54, 1.807) is 12.1 Å². The lowest BCUT2D eigenvalue weighted by atomic mass is 10.0. The molecule has 0 aromatic heterocycles. The van der Waals surface area contributed by atoms with Crippen molar-refractivity contribution in [1.82, 2.24) is 0 Å². The van der Waals surface area contributed by atoms with E-state index in [1.165, 1.54) is 36.9 Å². The van der Waals surface area contributed by atoms with Crippen LogP contribution in [0.25, 0.3) is 0 Å². The largest absolute Gasteiger partial charge is 0.423 e. The molecule has 3 aromatic carbocycles. The predicted molar refractivity (Wildman–Crippen MR) is 143 cm³/mol. The average molecular weight is 457 g/mol. The van der Waals surface area contributed by atoms with Crippen molar-refractivity contribution in [2.24, 2.45) is 4.99 Å². The van der Waals surface area contributed by atoms with Crippen LogP contribution in [0.15, 0.2) is 77.8 Å². The smallest absolute Gasteiger partial charge is 0.343 e. The summed E-state index contributed by atoms with van der Waals surface area (Å²) in [6, 6.07) is 23.4. The van der Waals surface area contributed by atoms with E-state index in [1.807, 2.05) is 54.7 Å². The zero-order valence-electron chi connectivity index (χ0n) is 20.7. The van der Waals surface area contributed by atoms with Crippen LogP contribution in [0.4, 0.5) is 11.4 Å². The zero-order valence-corrected chi connectivity index (χ0v) is 20.7. The maximum Gasteiger partial charge on any atom is 0.343 e. The summed E-state index contributed by atoms with van der Waals surface area (Å²) < 4.78 is 5.54. The second kappa shape index (κ2) is 13.3. The molecule has 4 nitrogen and oxygen atoms in total. The summed E-state index contributed by atoms with van der Waals surface area (Å²) in [5.41, 5.74) is 4.88. The Morgan fingerprint density at radius 3 is 2.12 bits per heavy atom. The Hall–Kier alpha value is -3.40. The molecule has 0 unspecified atom stereocenters. The molecule has 0 aliphatic heterocycles. The molecule has 4 heteroatoms. The fourth-order valence-corrected chi connectivity index (χ4v) is 3.84. The number of rotatable bonds is 12. The second-order valence-electron chi connectivity index (χ2n) is 8.41. The molecule has 0 N–H and O–H groups in total. The second-order valence-corrected chi connectivity index (χ2v) is 8.41. The summed E-state index contributed by atoms with van der Waals surface area (Å²) in [5.74, 6) is 0.182. The first-order valence-corrected chi connectivity index (χ1v) is 12.4. The van der Waals surface area contributed by atoms with Gasteiger partial charge in [-0.1, -0.05) is 38.3 Å². The van der Waals surface area contributed by atoms with E-state index in [-0.39, 0.29) is 5.97 Å². The van der Waals surface area contributed by atoms with Gasteiger partial charge in [0.25, 0.3) is 0 Å². The van der Waals surface area contributed by atoms with E-state index in [0.717, 1.165) is 30.8 Å². The Balaban J connectivity index is 1.52. The highest BCUT2D eigenvalue weighted by molar-refractivity contribution is 5.91. The van der Waals surface area contributed by atoms with Crippen LogP contribution in [-0.2, 0) is 6.42 Å². The number of esters is 1. The molecule has 3 rings (SSSR count). The topological polar surface area (TPSA) is 41.9 Å². The van der Waals surface area contributed by atoms with Crippen molar-refractivity contribution in [1.29, 1.82) is 0 Å². The van der Waals surface area contributed by atoms with Crippen molar-refractivity contribution >= 4 is 23.6 Å². The van der Waals surface area contributed by atoms with Gasteiger partial charge in [-0.3, -0.25) is 4.99 Å². The van der Waals surface area contributed by atoms with Crippen molar-refractivity contribution in [3.8, 4) is 5.75 Å². The fourth-order valence-electron chi connectivity index (χ4n) is 3.84. The number of carbonyl (C=O) groups is 1. The van der Waals surface area contributed by atoms with E-state index in [2.05, 4.69) is 42.8 Å². The molecule has 34 heavy (non-hydrogen) atoms. The molecule has 0 aliphatic rings. The van der Waals surface area contributed by atoms with Crippen LogP contribution in [0.5, 0.6) is 5.75 Å². The van der Waals surface area contributed by atoms with Crippen LogP contribution in [0.2, 0.25) is 0 Å². The lowest BCUT2D eigenvalue weighted by Crippen LogP contribution is -2.21. The molecular formula is C30H36N2O2. The summed E-state index contributed by atoms with van der Waals surface area (Å²) in [6.07, 6.45) is 7.83. The van der Waals surface area contributed by atoms with Gasteiger partial charge < -0.3 is 9.64 Å². The minimum atomic E-state index is -0.341. The zero-order chi connectivity index (χ0) is 24.2. The average Bonchev–Trinajstić information content (AvgIpc) is 2.88. The number of aliphatic imine (C=N–C) groups is 1. The number of hydrogen-bond donors (Lipinski definition) is 0. The molecule has 0 saturated heterocycles. The van der Waals surface area contributed by atoms with E-state index in [0.29, 0.717) is 11.3 Å². The van der Waals surface area contributed by atoms with Crippen molar-refractivity contribution < 1.29 is 9.53 Å². The summed E-state index contributed by atoms with van der Waals surface area (Å²) in [4.78, 5) is 19.3. The normalized spacial score (nSPS) is 11.0. The van der Waals surface area contributed by atoms with Gasteiger partial charge in [0, 0.05) is 25.0 Å². The molecular weight excluding hydrogens is 420 g/mol. The number of benzene rings is 3.